The third-order valence-corrected chi connectivity index (χ3v) is 1.82. The minimum atomic E-state index is -0.868. The molecule has 0 bridgehead atoms. The SMILES string of the molecule is CC(C)(NCCCCC#N)C(=O)O. The lowest BCUT2D eigenvalue weighted by atomic mass is 10.1. The first-order valence-electron chi connectivity index (χ1n) is 4.36. The molecule has 0 aromatic rings. The van der Waals surface area contributed by atoms with E-state index in [2.05, 4.69) is 5.32 Å². The molecular formula is C9H16N2O2. The van der Waals surface area contributed by atoms with Gasteiger partial charge >= 0.3 is 5.97 Å². The van der Waals surface area contributed by atoms with Crippen molar-refractivity contribution in [3.05, 3.63) is 0 Å². The molecular weight excluding hydrogens is 168 g/mol. The fourth-order valence-electron chi connectivity index (χ4n) is 0.806. The molecule has 13 heavy (non-hydrogen) atoms. The van der Waals surface area contributed by atoms with Gasteiger partial charge in [0.2, 0.25) is 0 Å². The van der Waals surface area contributed by atoms with E-state index in [0.717, 1.165) is 12.8 Å². The summed E-state index contributed by atoms with van der Waals surface area (Å²) < 4.78 is 0. The number of nitrogens with one attached hydrogen (secondary N) is 1. The molecule has 0 spiro atoms. The second-order valence-corrected chi connectivity index (χ2v) is 3.47. The molecule has 0 aliphatic carbocycles. The third kappa shape index (κ3) is 5.21. The second kappa shape index (κ2) is 5.55. The fraction of sp³-hybridized carbons (Fsp3) is 0.778. The number of nitrogens with zero attached hydrogens (tertiary/aromatic N) is 1. The number of carboxylic acids is 1. The molecule has 4 nitrogen and oxygen atoms in total. The standard InChI is InChI=1S/C9H16N2O2/c1-9(2,8(12)13)11-7-5-3-4-6-10/h11H,3-5,7H2,1-2H3,(H,12,13). The lowest BCUT2D eigenvalue weighted by Crippen LogP contribution is -2.46. The first-order chi connectivity index (χ1) is 6.00. The van der Waals surface area contributed by atoms with E-state index in [-0.39, 0.29) is 0 Å². The maximum atomic E-state index is 10.6. The van der Waals surface area contributed by atoms with Crippen molar-refractivity contribution >= 4 is 5.97 Å². The molecule has 2 N–H and O–H groups in total. The summed E-state index contributed by atoms with van der Waals surface area (Å²) in [5.74, 6) is -0.854. The number of rotatable bonds is 6. The largest absolute Gasteiger partial charge is 0.480 e. The summed E-state index contributed by atoms with van der Waals surface area (Å²) in [5.41, 5.74) is -0.868. The van der Waals surface area contributed by atoms with Crippen molar-refractivity contribution in [3.63, 3.8) is 0 Å². The lowest BCUT2D eigenvalue weighted by molar-refractivity contribution is -0.143. The van der Waals surface area contributed by atoms with Gasteiger partial charge in [0, 0.05) is 6.42 Å². The highest BCUT2D eigenvalue weighted by Crippen LogP contribution is 2.02. The van der Waals surface area contributed by atoms with Crippen LogP contribution in [-0.2, 0) is 4.79 Å². The number of nitriles is 1. The van der Waals surface area contributed by atoms with E-state index < -0.39 is 11.5 Å². The van der Waals surface area contributed by atoms with Gasteiger partial charge in [0.25, 0.3) is 0 Å². The van der Waals surface area contributed by atoms with E-state index in [1.807, 2.05) is 6.07 Å². The van der Waals surface area contributed by atoms with Crippen LogP contribution in [0.25, 0.3) is 0 Å². The first-order valence-corrected chi connectivity index (χ1v) is 4.36. The molecule has 0 saturated heterocycles. The maximum absolute atomic E-state index is 10.6. The lowest BCUT2D eigenvalue weighted by Gasteiger charge is -2.20. The molecule has 0 aliphatic rings. The molecule has 4 heteroatoms. The van der Waals surface area contributed by atoms with Crippen LogP contribution in [0.15, 0.2) is 0 Å². The smallest absolute Gasteiger partial charge is 0.323 e. The molecule has 74 valence electrons. The van der Waals surface area contributed by atoms with Gasteiger partial charge in [0.15, 0.2) is 0 Å². The topological polar surface area (TPSA) is 73.1 Å². The van der Waals surface area contributed by atoms with Crippen molar-refractivity contribution in [3.8, 4) is 6.07 Å². The Morgan fingerprint density at radius 1 is 1.54 bits per heavy atom. The summed E-state index contributed by atoms with van der Waals surface area (Å²) in [6.45, 7) is 3.89. The van der Waals surface area contributed by atoms with Crippen LogP contribution in [-0.4, -0.2) is 23.2 Å². The monoisotopic (exact) mass is 184 g/mol. The summed E-state index contributed by atoms with van der Waals surface area (Å²) in [5, 5.41) is 19.9. The van der Waals surface area contributed by atoms with Crippen molar-refractivity contribution in [1.29, 1.82) is 5.26 Å². The highest BCUT2D eigenvalue weighted by Gasteiger charge is 2.25. The van der Waals surface area contributed by atoms with E-state index in [1.165, 1.54) is 0 Å². The quantitative estimate of drug-likeness (QED) is 0.607. The van der Waals surface area contributed by atoms with Gasteiger partial charge in [-0.05, 0) is 33.2 Å². The van der Waals surface area contributed by atoms with Gasteiger partial charge in [-0.3, -0.25) is 4.79 Å². The molecule has 0 rings (SSSR count). The van der Waals surface area contributed by atoms with Gasteiger partial charge in [-0.2, -0.15) is 5.26 Å². The van der Waals surface area contributed by atoms with Gasteiger partial charge in [-0.25, -0.2) is 0 Å². The van der Waals surface area contributed by atoms with Crippen molar-refractivity contribution in [2.75, 3.05) is 6.54 Å². The van der Waals surface area contributed by atoms with Crippen LogP contribution in [0.4, 0.5) is 0 Å². The summed E-state index contributed by atoms with van der Waals surface area (Å²) >= 11 is 0. The molecule has 0 fully saturated rings. The predicted molar refractivity (Wildman–Crippen MR) is 49.2 cm³/mol. The van der Waals surface area contributed by atoms with Crippen LogP contribution in [0.3, 0.4) is 0 Å². The van der Waals surface area contributed by atoms with Crippen molar-refractivity contribution in [1.82, 2.24) is 5.32 Å². The summed E-state index contributed by atoms with van der Waals surface area (Å²) in [6.07, 6.45) is 2.19. The highest BCUT2D eigenvalue weighted by molar-refractivity contribution is 5.77. The van der Waals surface area contributed by atoms with Crippen LogP contribution >= 0.6 is 0 Å². The van der Waals surface area contributed by atoms with Crippen LogP contribution in [0.5, 0.6) is 0 Å². The Hall–Kier alpha value is -1.08. The van der Waals surface area contributed by atoms with Crippen LogP contribution in [0.1, 0.15) is 33.1 Å². The number of unbranched alkanes of at least 4 members (excludes halogenated alkanes) is 2. The average Bonchev–Trinajstić information content (AvgIpc) is 2.03. The Labute approximate surface area is 78.6 Å². The molecule has 0 atom stereocenters. The van der Waals surface area contributed by atoms with E-state index in [9.17, 15) is 4.79 Å². The molecule has 0 aromatic carbocycles. The molecule has 0 radical (unpaired) electrons. The summed E-state index contributed by atoms with van der Waals surface area (Å²) in [4.78, 5) is 10.6. The Balaban J connectivity index is 3.53. The van der Waals surface area contributed by atoms with Gasteiger partial charge < -0.3 is 10.4 Å². The number of carbonyl (C=O) groups is 1. The molecule has 0 aromatic heterocycles. The minimum absolute atomic E-state index is 0.537. The second-order valence-electron chi connectivity index (χ2n) is 3.47. The van der Waals surface area contributed by atoms with E-state index >= 15 is 0 Å². The van der Waals surface area contributed by atoms with Gasteiger partial charge in [-0.1, -0.05) is 0 Å². The number of hydrogen-bond acceptors (Lipinski definition) is 3. The normalized spacial score (nSPS) is 10.8. The Morgan fingerprint density at radius 2 is 2.15 bits per heavy atom. The van der Waals surface area contributed by atoms with Crippen molar-refractivity contribution in [2.45, 2.75) is 38.6 Å². The fourth-order valence-corrected chi connectivity index (χ4v) is 0.806. The zero-order valence-electron chi connectivity index (χ0n) is 8.13. The Kier molecular flexibility index (Phi) is 5.09. The van der Waals surface area contributed by atoms with Gasteiger partial charge in [0.1, 0.15) is 5.54 Å². The number of hydrogen-bond donors (Lipinski definition) is 2. The third-order valence-electron chi connectivity index (χ3n) is 1.82. The zero-order valence-corrected chi connectivity index (χ0v) is 8.13. The Bertz CT molecular complexity index is 206. The summed E-state index contributed by atoms with van der Waals surface area (Å²) in [6, 6.07) is 2.04. The van der Waals surface area contributed by atoms with E-state index in [1.54, 1.807) is 13.8 Å². The average molecular weight is 184 g/mol. The predicted octanol–water partition coefficient (Wildman–Crippen LogP) is 1.13. The highest BCUT2D eigenvalue weighted by atomic mass is 16.4. The van der Waals surface area contributed by atoms with Crippen LogP contribution in [0, 0.1) is 11.3 Å². The minimum Gasteiger partial charge on any atom is -0.480 e. The first kappa shape index (κ1) is 11.9. The van der Waals surface area contributed by atoms with Gasteiger partial charge in [0.05, 0.1) is 6.07 Å². The molecule has 0 aliphatic heterocycles. The van der Waals surface area contributed by atoms with Gasteiger partial charge in [-0.15, -0.1) is 0 Å². The Morgan fingerprint density at radius 3 is 2.62 bits per heavy atom. The molecule has 0 heterocycles. The number of carboxylic acid groups (broad SMARTS) is 1. The van der Waals surface area contributed by atoms with Crippen LogP contribution in [0.2, 0.25) is 0 Å². The molecule has 0 unspecified atom stereocenters. The van der Waals surface area contributed by atoms with E-state index in [4.69, 9.17) is 10.4 Å². The van der Waals surface area contributed by atoms with E-state index in [0.29, 0.717) is 13.0 Å². The maximum Gasteiger partial charge on any atom is 0.323 e. The van der Waals surface area contributed by atoms with Crippen molar-refractivity contribution in [2.24, 2.45) is 0 Å². The van der Waals surface area contributed by atoms with Crippen molar-refractivity contribution < 1.29 is 9.90 Å². The summed E-state index contributed by atoms with van der Waals surface area (Å²) in [7, 11) is 0. The van der Waals surface area contributed by atoms with Crippen LogP contribution < -0.4 is 5.32 Å². The zero-order chi connectivity index (χ0) is 10.3. The molecule has 0 amide bonds. The number of aliphatic carboxylic acids is 1. The molecule has 0 saturated carbocycles.